The summed E-state index contributed by atoms with van der Waals surface area (Å²) in [6, 6.07) is 9.16. The third-order valence-corrected chi connectivity index (χ3v) is 7.26. The molecular weight excluding hydrogens is 432 g/mol. The average Bonchev–Trinajstić information content (AvgIpc) is 3.02. The van der Waals surface area contributed by atoms with Crippen LogP contribution < -0.4 is 15.1 Å². The number of carbonyl (C=O) groups is 1. The Bertz CT molecular complexity index is 1350. The van der Waals surface area contributed by atoms with Crippen LogP contribution in [0, 0.1) is 0 Å². The quantitative estimate of drug-likeness (QED) is 0.632. The molecule has 0 saturated carbocycles. The zero-order valence-corrected chi connectivity index (χ0v) is 19.1. The largest absolute Gasteiger partial charge is 0.496 e. The number of amides is 1. The molecule has 4 rings (SSSR count). The van der Waals surface area contributed by atoms with E-state index in [1.807, 2.05) is 0 Å². The van der Waals surface area contributed by atoms with Crippen molar-refractivity contribution in [3.8, 4) is 5.75 Å². The highest BCUT2D eigenvalue weighted by molar-refractivity contribution is 7.92. The van der Waals surface area contributed by atoms with E-state index in [-0.39, 0.29) is 22.1 Å². The van der Waals surface area contributed by atoms with E-state index < -0.39 is 10.0 Å². The van der Waals surface area contributed by atoms with Gasteiger partial charge in [0.25, 0.3) is 15.9 Å². The fourth-order valence-corrected chi connectivity index (χ4v) is 5.15. The summed E-state index contributed by atoms with van der Waals surface area (Å²) in [6.07, 6.45) is 2.94. The molecule has 1 N–H and O–H groups in total. The van der Waals surface area contributed by atoms with Crippen LogP contribution in [0.4, 0.5) is 5.69 Å². The summed E-state index contributed by atoms with van der Waals surface area (Å²) in [5.41, 5.74) is 1.64. The molecule has 2 heterocycles. The monoisotopic (exact) mass is 458 g/mol. The smallest absolute Gasteiger partial charge is 0.328 e. The Hall–Kier alpha value is -3.27. The van der Waals surface area contributed by atoms with Gasteiger partial charge in [-0.05, 0) is 55.7 Å². The minimum absolute atomic E-state index is 0.0410. The average molecular weight is 459 g/mol. The maximum absolute atomic E-state index is 13.1. The summed E-state index contributed by atoms with van der Waals surface area (Å²) < 4.78 is 37.0. The Morgan fingerprint density at radius 2 is 1.66 bits per heavy atom. The maximum Gasteiger partial charge on any atom is 0.328 e. The van der Waals surface area contributed by atoms with Crippen molar-refractivity contribution in [2.75, 3.05) is 24.9 Å². The van der Waals surface area contributed by atoms with Crippen molar-refractivity contribution in [3.63, 3.8) is 0 Å². The number of rotatable bonds is 5. The van der Waals surface area contributed by atoms with Crippen LogP contribution in [0.5, 0.6) is 5.75 Å². The van der Waals surface area contributed by atoms with Crippen LogP contribution in [-0.4, -0.2) is 48.6 Å². The lowest BCUT2D eigenvalue weighted by Crippen LogP contribution is -2.35. The number of fused-ring (bicyclic) bond motifs is 1. The molecule has 32 heavy (non-hydrogen) atoms. The highest BCUT2D eigenvalue weighted by Crippen LogP contribution is 2.27. The van der Waals surface area contributed by atoms with Crippen molar-refractivity contribution in [1.82, 2.24) is 14.0 Å². The van der Waals surface area contributed by atoms with Gasteiger partial charge in [-0.2, -0.15) is 0 Å². The Morgan fingerprint density at radius 1 is 0.969 bits per heavy atom. The van der Waals surface area contributed by atoms with Gasteiger partial charge in [0.2, 0.25) is 0 Å². The van der Waals surface area contributed by atoms with Crippen molar-refractivity contribution in [3.05, 3.63) is 52.4 Å². The van der Waals surface area contributed by atoms with Crippen molar-refractivity contribution >= 4 is 32.7 Å². The molecule has 1 aliphatic rings. The zero-order chi connectivity index (χ0) is 23.0. The first-order valence-electron chi connectivity index (χ1n) is 10.4. The minimum Gasteiger partial charge on any atom is -0.496 e. The SMILES string of the molecule is COc1ccc(S(=O)(=O)Nc2ccc3c(c2)n(C)c(=O)n3C)cc1C(=O)N1CCCCC1. The van der Waals surface area contributed by atoms with Gasteiger partial charge in [-0.15, -0.1) is 0 Å². The van der Waals surface area contributed by atoms with Gasteiger partial charge in [-0.3, -0.25) is 18.7 Å². The molecular formula is C22H26N4O5S. The number of ether oxygens (including phenoxy) is 1. The lowest BCUT2D eigenvalue weighted by Gasteiger charge is -2.27. The number of nitrogens with one attached hydrogen (secondary N) is 1. The summed E-state index contributed by atoms with van der Waals surface area (Å²) in [5.74, 6) is 0.0968. The molecule has 0 bridgehead atoms. The van der Waals surface area contributed by atoms with E-state index in [2.05, 4.69) is 4.72 Å². The number of piperidine rings is 1. The molecule has 0 aliphatic carbocycles. The number of carbonyl (C=O) groups excluding carboxylic acids is 1. The number of imidazole rings is 1. The van der Waals surface area contributed by atoms with Crippen molar-refractivity contribution in [2.24, 2.45) is 14.1 Å². The summed E-state index contributed by atoms with van der Waals surface area (Å²) in [6.45, 7) is 1.29. The van der Waals surface area contributed by atoms with Crippen LogP contribution in [0.15, 0.2) is 46.1 Å². The second-order valence-electron chi connectivity index (χ2n) is 7.92. The molecule has 1 fully saturated rings. The Morgan fingerprint density at radius 3 is 2.34 bits per heavy atom. The first kappa shape index (κ1) is 21.9. The van der Waals surface area contributed by atoms with Crippen LogP contribution in [0.1, 0.15) is 29.6 Å². The number of anilines is 1. The molecule has 0 unspecified atom stereocenters. The molecule has 0 radical (unpaired) electrons. The number of hydrogen-bond donors (Lipinski definition) is 1. The van der Waals surface area contributed by atoms with Crippen LogP contribution in [0.25, 0.3) is 11.0 Å². The van der Waals surface area contributed by atoms with E-state index >= 15 is 0 Å². The standard InChI is InChI=1S/C22H26N4O5S/c1-24-18-9-7-15(13-19(18)25(2)22(24)28)23-32(29,30)16-8-10-20(31-3)17(14-16)21(27)26-11-5-4-6-12-26/h7-10,13-14,23H,4-6,11-12H2,1-3H3. The van der Waals surface area contributed by atoms with Crippen molar-refractivity contribution < 1.29 is 17.9 Å². The predicted octanol–water partition coefficient (Wildman–Crippen LogP) is 2.31. The third-order valence-electron chi connectivity index (χ3n) is 5.88. The topological polar surface area (TPSA) is 103 Å². The van der Waals surface area contributed by atoms with Gasteiger partial charge in [-0.25, -0.2) is 13.2 Å². The van der Waals surface area contributed by atoms with Gasteiger partial charge < -0.3 is 9.64 Å². The molecule has 1 aromatic heterocycles. The minimum atomic E-state index is -3.98. The molecule has 1 aliphatic heterocycles. The van der Waals surface area contributed by atoms with Gasteiger partial charge in [-0.1, -0.05) is 0 Å². The Balaban J connectivity index is 1.68. The lowest BCUT2D eigenvalue weighted by molar-refractivity contribution is 0.0720. The maximum atomic E-state index is 13.1. The van der Waals surface area contributed by atoms with Crippen LogP contribution in [0.2, 0.25) is 0 Å². The second-order valence-corrected chi connectivity index (χ2v) is 9.61. The van der Waals surface area contributed by atoms with E-state index in [1.165, 1.54) is 34.4 Å². The van der Waals surface area contributed by atoms with E-state index in [4.69, 9.17) is 4.74 Å². The highest BCUT2D eigenvalue weighted by atomic mass is 32.2. The lowest BCUT2D eigenvalue weighted by atomic mass is 10.1. The number of likely N-dealkylation sites (tertiary alicyclic amines) is 1. The predicted molar refractivity (Wildman–Crippen MR) is 122 cm³/mol. The van der Waals surface area contributed by atoms with E-state index in [1.54, 1.807) is 37.2 Å². The summed E-state index contributed by atoms with van der Waals surface area (Å²) in [5, 5.41) is 0. The summed E-state index contributed by atoms with van der Waals surface area (Å²) in [7, 11) is 0.761. The van der Waals surface area contributed by atoms with Crippen LogP contribution >= 0.6 is 0 Å². The number of methoxy groups -OCH3 is 1. The normalized spacial score (nSPS) is 14.5. The van der Waals surface area contributed by atoms with E-state index in [0.717, 1.165) is 19.3 Å². The van der Waals surface area contributed by atoms with Crippen LogP contribution in [0.3, 0.4) is 0 Å². The fraction of sp³-hybridized carbons (Fsp3) is 0.364. The first-order valence-corrected chi connectivity index (χ1v) is 11.9. The molecule has 0 spiro atoms. The number of benzene rings is 2. The van der Waals surface area contributed by atoms with E-state index in [9.17, 15) is 18.0 Å². The summed E-state index contributed by atoms with van der Waals surface area (Å²) >= 11 is 0. The number of hydrogen-bond acceptors (Lipinski definition) is 5. The van der Waals surface area contributed by atoms with Gasteiger partial charge >= 0.3 is 5.69 Å². The fourth-order valence-electron chi connectivity index (χ4n) is 4.07. The zero-order valence-electron chi connectivity index (χ0n) is 18.3. The van der Waals surface area contributed by atoms with Crippen LogP contribution in [-0.2, 0) is 24.1 Å². The Labute approximate surface area is 186 Å². The molecule has 1 amide bonds. The van der Waals surface area contributed by atoms with Gasteiger partial charge in [0.1, 0.15) is 5.75 Å². The Kier molecular flexibility index (Phi) is 5.72. The molecule has 170 valence electrons. The molecule has 3 aromatic rings. The molecule has 2 aromatic carbocycles. The van der Waals surface area contributed by atoms with Gasteiger partial charge in [0.05, 0.1) is 34.3 Å². The number of aromatic nitrogens is 2. The van der Waals surface area contributed by atoms with Gasteiger partial charge in [0, 0.05) is 27.2 Å². The van der Waals surface area contributed by atoms with Crippen molar-refractivity contribution in [2.45, 2.75) is 24.2 Å². The highest BCUT2D eigenvalue weighted by Gasteiger charge is 2.25. The second kappa shape index (κ2) is 8.34. The number of sulfonamides is 1. The molecule has 0 atom stereocenters. The van der Waals surface area contributed by atoms with Crippen molar-refractivity contribution in [1.29, 1.82) is 0 Å². The number of aryl methyl sites for hydroxylation is 2. The molecule has 9 nitrogen and oxygen atoms in total. The van der Waals surface area contributed by atoms with E-state index in [0.29, 0.717) is 35.6 Å². The number of nitrogens with zero attached hydrogens (tertiary/aromatic N) is 3. The summed E-state index contributed by atoms with van der Waals surface area (Å²) in [4.78, 5) is 26.9. The molecule has 10 heteroatoms. The van der Waals surface area contributed by atoms with Gasteiger partial charge in [0.15, 0.2) is 0 Å². The third kappa shape index (κ3) is 3.86. The first-order chi connectivity index (χ1) is 15.2. The molecule has 1 saturated heterocycles.